The summed E-state index contributed by atoms with van der Waals surface area (Å²) in [6, 6.07) is 11.5. The molecule has 11 nitrogen and oxygen atoms in total. The highest BCUT2D eigenvalue weighted by atomic mass is 16.5. The first-order valence-electron chi connectivity index (χ1n) is 12.0. The second-order valence-corrected chi connectivity index (χ2v) is 8.55. The number of likely N-dealkylation sites (tertiary alicyclic amines) is 1. The fourth-order valence-electron chi connectivity index (χ4n) is 4.15. The Morgan fingerprint density at radius 2 is 1.47 bits per heavy atom. The average molecular weight is 520 g/mol. The number of anilines is 1. The maximum absolute atomic E-state index is 13.0. The number of nitrogens with one attached hydrogen (secondary N) is 2. The smallest absolute Gasteiger partial charge is 0.273 e. The van der Waals surface area contributed by atoms with E-state index in [2.05, 4.69) is 20.6 Å². The van der Waals surface area contributed by atoms with Crippen LogP contribution in [0.15, 0.2) is 54.9 Å². The molecule has 3 aromatic rings. The van der Waals surface area contributed by atoms with Crippen molar-refractivity contribution in [2.24, 2.45) is 0 Å². The Hall–Kier alpha value is -4.67. The van der Waals surface area contributed by atoms with Crippen LogP contribution in [-0.4, -0.2) is 73.1 Å². The van der Waals surface area contributed by atoms with Gasteiger partial charge in [-0.3, -0.25) is 14.4 Å². The molecule has 0 bridgehead atoms. The lowest BCUT2D eigenvalue weighted by Crippen LogP contribution is -2.46. The van der Waals surface area contributed by atoms with E-state index >= 15 is 0 Å². The van der Waals surface area contributed by atoms with Crippen LogP contribution in [0.4, 0.5) is 5.82 Å². The number of hydrogen-bond acceptors (Lipinski definition) is 8. The fraction of sp³-hybridized carbons (Fsp3) is 0.296. The zero-order chi connectivity index (χ0) is 27.1. The highest BCUT2D eigenvalue weighted by Crippen LogP contribution is 2.28. The molecule has 11 heteroatoms. The van der Waals surface area contributed by atoms with Crippen molar-refractivity contribution >= 4 is 23.5 Å². The summed E-state index contributed by atoms with van der Waals surface area (Å²) in [5.74, 6) is 0.725. The van der Waals surface area contributed by atoms with Gasteiger partial charge in [0.05, 0.1) is 21.3 Å². The van der Waals surface area contributed by atoms with Crippen molar-refractivity contribution in [2.45, 2.75) is 18.9 Å². The second-order valence-electron chi connectivity index (χ2n) is 8.55. The minimum absolute atomic E-state index is 0.0122. The van der Waals surface area contributed by atoms with Crippen LogP contribution in [-0.2, 0) is 0 Å². The third kappa shape index (κ3) is 6.00. The van der Waals surface area contributed by atoms with Crippen LogP contribution in [0.25, 0.3) is 0 Å². The van der Waals surface area contributed by atoms with Crippen LogP contribution in [0, 0.1) is 0 Å². The minimum atomic E-state index is -0.451. The van der Waals surface area contributed by atoms with Crippen LogP contribution >= 0.6 is 0 Å². The van der Waals surface area contributed by atoms with E-state index in [0.29, 0.717) is 54.3 Å². The quantitative estimate of drug-likeness (QED) is 0.464. The monoisotopic (exact) mass is 519 g/mol. The number of nitrogens with zero attached hydrogens (tertiary/aromatic N) is 3. The molecule has 2 N–H and O–H groups in total. The maximum atomic E-state index is 13.0. The van der Waals surface area contributed by atoms with Gasteiger partial charge in [0, 0.05) is 42.7 Å². The topological polar surface area (TPSA) is 132 Å². The standard InChI is InChI=1S/C27H29N5O6/c1-36-20-7-4-17(5-8-20)25(33)31-24-23(28-12-13-29-24)26(34)30-19-10-14-32(15-11-19)27(35)18-6-9-21(37-2)22(16-18)38-3/h4-9,12-13,16,19H,10-11,14-15H2,1-3H3,(H,30,34)(H,29,31,33). The van der Waals surface area contributed by atoms with Gasteiger partial charge in [0.15, 0.2) is 23.0 Å². The summed E-state index contributed by atoms with van der Waals surface area (Å²) in [4.78, 5) is 48.7. The van der Waals surface area contributed by atoms with Gasteiger partial charge in [-0.1, -0.05) is 0 Å². The molecule has 1 aliphatic rings. The molecule has 1 aliphatic heterocycles. The summed E-state index contributed by atoms with van der Waals surface area (Å²) in [6.07, 6.45) is 3.93. The lowest BCUT2D eigenvalue weighted by Gasteiger charge is -2.32. The zero-order valence-corrected chi connectivity index (χ0v) is 21.4. The van der Waals surface area contributed by atoms with Crippen LogP contribution in [0.1, 0.15) is 44.0 Å². The largest absolute Gasteiger partial charge is 0.497 e. The molecule has 0 unspecified atom stereocenters. The molecule has 0 atom stereocenters. The molecular weight excluding hydrogens is 490 g/mol. The number of piperidine rings is 1. The molecule has 0 aliphatic carbocycles. The summed E-state index contributed by atoms with van der Waals surface area (Å²) in [5, 5.41) is 5.61. The highest BCUT2D eigenvalue weighted by Gasteiger charge is 2.27. The fourth-order valence-corrected chi connectivity index (χ4v) is 4.15. The van der Waals surface area contributed by atoms with E-state index in [-0.39, 0.29) is 23.5 Å². The third-order valence-corrected chi connectivity index (χ3v) is 6.25. The first kappa shape index (κ1) is 26.4. The van der Waals surface area contributed by atoms with Gasteiger partial charge < -0.3 is 29.7 Å². The average Bonchev–Trinajstić information content (AvgIpc) is 2.97. The van der Waals surface area contributed by atoms with Gasteiger partial charge in [-0.2, -0.15) is 0 Å². The SMILES string of the molecule is COc1ccc(C(=O)Nc2nccnc2C(=O)NC2CCN(C(=O)c3ccc(OC)c(OC)c3)CC2)cc1. The van der Waals surface area contributed by atoms with E-state index in [1.54, 1.807) is 54.5 Å². The summed E-state index contributed by atoms with van der Waals surface area (Å²) >= 11 is 0. The van der Waals surface area contributed by atoms with Gasteiger partial charge in [-0.15, -0.1) is 0 Å². The van der Waals surface area contributed by atoms with Gasteiger partial charge in [-0.05, 0) is 55.3 Å². The van der Waals surface area contributed by atoms with Crippen molar-refractivity contribution in [3.8, 4) is 17.2 Å². The maximum Gasteiger partial charge on any atom is 0.273 e. The second kappa shape index (κ2) is 12.0. The molecule has 4 rings (SSSR count). The predicted octanol–water partition coefficient (Wildman–Crippen LogP) is 2.79. The summed E-state index contributed by atoms with van der Waals surface area (Å²) in [5.41, 5.74) is 0.898. The van der Waals surface area contributed by atoms with Crippen molar-refractivity contribution in [1.82, 2.24) is 20.2 Å². The Balaban J connectivity index is 1.35. The van der Waals surface area contributed by atoms with Crippen molar-refractivity contribution < 1.29 is 28.6 Å². The Morgan fingerprint density at radius 1 is 0.816 bits per heavy atom. The molecule has 0 spiro atoms. The molecule has 0 radical (unpaired) electrons. The highest BCUT2D eigenvalue weighted by molar-refractivity contribution is 6.07. The van der Waals surface area contributed by atoms with E-state index in [1.807, 2.05) is 0 Å². The molecule has 3 amide bonds. The molecule has 0 saturated carbocycles. The molecule has 198 valence electrons. The number of hydrogen-bond donors (Lipinski definition) is 2. The van der Waals surface area contributed by atoms with Crippen molar-refractivity contribution in [1.29, 1.82) is 0 Å². The molecule has 1 saturated heterocycles. The Labute approximate surface area is 220 Å². The Bertz CT molecular complexity index is 1310. The zero-order valence-electron chi connectivity index (χ0n) is 21.4. The number of benzene rings is 2. The van der Waals surface area contributed by atoms with E-state index in [0.717, 1.165) is 0 Å². The minimum Gasteiger partial charge on any atom is -0.497 e. The van der Waals surface area contributed by atoms with Crippen LogP contribution in [0.2, 0.25) is 0 Å². The van der Waals surface area contributed by atoms with Gasteiger partial charge in [0.2, 0.25) is 0 Å². The van der Waals surface area contributed by atoms with E-state index in [4.69, 9.17) is 14.2 Å². The summed E-state index contributed by atoms with van der Waals surface area (Å²) in [7, 11) is 4.60. The van der Waals surface area contributed by atoms with E-state index in [9.17, 15) is 14.4 Å². The van der Waals surface area contributed by atoms with E-state index < -0.39 is 11.8 Å². The van der Waals surface area contributed by atoms with Crippen LogP contribution in [0.3, 0.4) is 0 Å². The van der Waals surface area contributed by atoms with Gasteiger partial charge >= 0.3 is 0 Å². The summed E-state index contributed by atoms with van der Waals surface area (Å²) in [6.45, 7) is 0.944. The predicted molar refractivity (Wildman–Crippen MR) is 139 cm³/mol. The normalized spacial score (nSPS) is 13.4. The number of rotatable bonds is 8. The van der Waals surface area contributed by atoms with Crippen molar-refractivity contribution in [3.05, 3.63) is 71.7 Å². The number of amides is 3. The Kier molecular flexibility index (Phi) is 8.37. The number of carbonyl (C=O) groups is 3. The first-order chi connectivity index (χ1) is 18.4. The van der Waals surface area contributed by atoms with Crippen molar-refractivity contribution in [3.63, 3.8) is 0 Å². The van der Waals surface area contributed by atoms with Gasteiger partial charge in [0.25, 0.3) is 17.7 Å². The van der Waals surface area contributed by atoms with Gasteiger partial charge in [0.1, 0.15) is 5.75 Å². The first-order valence-corrected chi connectivity index (χ1v) is 12.0. The van der Waals surface area contributed by atoms with Crippen LogP contribution < -0.4 is 24.8 Å². The lowest BCUT2D eigenvalue weighted by atomic mass is 10.0. The molecule has 38 heavy (non-hydrogen) atoms. The molecular formula is C27H29N5O6. The molecule has 2 aromatic carbocycles. The van der Waals surface area contributed by atoms with Gasteiger partial charge in [-0.25, -0.2) is 9.97 Å². The molecule has 2 heterocycles. The molecule has 1 fully saturated rings. The van der Waals surface area contributed by atoms with Crippen molar-refractivity contribution in [2.75, 3.05) is 39.7 Å². The number of methoxy groups -OCH3 is 3. The van der Waals surface area contributed by atoms with Crippen LogP contribution in [0.5, 0.6) is 17.2 Å². The number of carbonyl (C=O) groups excluding carboxylic acids is 3. The lowest BCUT2D eigenvalue weighted by molar-refractivity contribution is 0.0697. The molecule has 1 aromatic heterocycles. The number of ether oxygens (including phenoxy) is 3. The third-order valence-electron chi connectivity index (χ3n) is 6.25. The summed E-state index contributed by atoms with van der Waals surface area (Å²) < 4.78 is 15.6. The van der Waals surface area contributed by atoms with E-state index in [1.165, 1.54) is 26.6 Å². The Morgan fingerprint density at radius 3 is 2.13 bits per heavy atom. The number of aromatic nitrogens is 2.